The lowest BCUT2D eigenvalue weighted by molar-refractivity contribution is -0.277. The summed E-state index contributed by atoms with van der Waals surface area (Å²) in [4.78, 5) is 60.8. The molecule has 10 aliphatic rings. The lowest BCUT2D eigenvalue weighted by atomic mass is 9.51. The number of ketones is 2. The molecular formula is C65H73NO19. The summed E-state index contributed by atoms with van der Waals surface area (Å²) in [5.74, 6) is -4.27. The van der Waals surface area contributed by atoms with E-state index in [4.69, 9.17) is 47.4 Å². The molecule has 6 N–H and O–H groups in total. The SMILES string of the molecule is COc1cc(C2c3cc4c(cc3C(NC(=O)C(C)=CCC35OC(C)(C)C6CC(C=C7C(=O)c8c(O[C@@H]9O[C@H](CO)[C@@H](O)[C@H](O)[C@H]9O)c9c(c(CC=C(C)C)c8OC763)OC(C)(CCC=C(C)C)C=C9)C5=O)C3COC(=O)C23)OCO4)cc(OC)c1O. The molecule has 0 aromatic heterocycles. The first kappa shape index (κ1) is 58.2. The zero-order valence-corrected chi connectivity index (χ0v) is 49.2. The third kappa shape index (κ3) is 8.98. The molecule has 3 saturated heterocycles. The number of aliphatic hydroxyl groups excluding tert-OH is 4. The number of ether oxygens (including phenoxy) is 10. The van der Waals surface area contributed by atoms with Crippen molar-refractivity contribution >= 4 is 29.5 Å². The number of hydrogen-bond acceptors (Lipinski definition) is 19. The monoisotopic (exact) mass is 1170 g/mol. The molecule has 6 aliphatic heterocycles. The lowest BCUT2D eigenvalue weighted by Crippen LogP contribution is -2.72. The Morgan fingerprint density at radius 2 is 1.54 bits per heavy atom. The van der Waals surface area contributed by atoms with Crippen LogP contribution in [0.3, 0.4) is 0 Å². The van der Waals surface area contributed by atoms with Crippen LogP contribution in [0.4, 0.5) is 0 Å². The molecule has 3 aromatic carbocycles. The van der Waals surface area contributed by atoms with Gasteiger partial charge in [-0.25, -0.2) is 0 Å². The molecule has 4 bridgehead atoms. The molecule has 4 aliphatic carbocycles. The van der Waals surface area contributed by atoms with Crippen molar-refractivity contribution in [2.75, 3.05) is 34.2 Å². The number of phenolic OH excluding ortho intramolecular Hbond substituents is 1. The van der Waals surface area contributed by atoms with Crippen LogP contribution in [0.25, 0.3) is 6.08 Å². The summed E-state index contributed by atoms with van der Waals surface area (Å²) in [6.45, 7) is 14.4. The fraction of sp³-hybridized carbons (Fsp3) is 0.508. The minimum absolute atomic E-state index is 0.0354. The second kappa shape index (κ2) is 21.0. The van der Waals surface area contributed by atoms with Crippen LogP contribution in [0.5, 0.6) is 46.0 Å². The molecule has 20 heteroatoms. The Morgan fingerprint density at radius 1 is 0.847 bits per heavy atom. The van der Waals surface area contributed by atoms with Crippen LogP contribution in [-0.4, -0.2) is 136 Å². The highest BCUT2D eigenvalue weighted by atomic mass is 16.7. The molecule has 85 heavy (non-hydrogen) atoms. The summed E-state index contributed by atoms with van der Waals surface area (Å²) < 4.78 is 63.0. The molecule has 13 rings (SSSR count). The van der Waals surface area contributed by atoms with Crippen molar-refractivity contribution in [2.45, 2.75) is 153 Å². The van der Waals surface area contributed by atoms with Gasteiger partial charge in [-0.2, -0.15) is 0 Å². The molecule has 14 atom stereocenters. The normalized spacial score (nSPS) is 33.0. The first-order valence-electron chi connectivity index (χ1n) is 29.0. The Balaban J connectivity index is 0.957. The van der Waals surface area contributed by atoms with Gasteiger partial charge in [-0.15, -0.1) is 0 Å². The van der Waals surface area contributed by atoms with Crippen molar-refractivity contribution in [1.82, 2.24) is 5.32 Å². The first-order chi connectivity index (χ1) is 40.4. The molecular weight excluding hydrogens is 1100 g/mol. The van der Waals surface area contributed by atoms with Gasteiger partial charge in [-0.3, -0.25) is 19.2 Å². The highest BCUT2D eigenvalue weighted by Crippen LogP contribution is 2.69. The lowest BCUT2D eigenvalue weighted by Gasteiger charge is -2.56. The number of fused-ring (bicyclic) bond motifs is 5. The van der Waals surface area contributed by atoms with Crippen molar-refractivity contribution in [2.24, 2.45) is 23.7 Å². The zero-order valence-electron chi connectivity index (χ0n) is 49.2. The summed E-state index contributed by atoms with van der Waals surface area (Å²) in [7, 11) is 2.83. The number of methoxy groups -OCH3 is 2. The van der Waals surface area contributed by atoms with Gasteiger partial charge in [0.15, 0.2) is 45.8 Å². The van der Waals surface area contributed by atoms with Gasteiger partial charge in [0.25, 0.3) is 0 Å². The predicted octanol–water partition coefficient (Wildman–Crippen LogP) is 6.87. The number of esters is 1. The Bertz CT molecular complexity index is 3470. The van der Waals surface area contributed by atoms with Crippen molar-refractivity contribution in [3.05, 3.63) is 110 Å². The number of benzene rings is 3. The summed E-state index contributed by atoms with van der Waals surface area (Å²) in [5, 5.41) is 57.6. The van der Waals surface area contributed by atoms with Gasteiger partial charge in [0.2, 0.25) is 24.7 Å². The van der Waals surface area contributed by atoms with Crippen molar-refractivity contribution in [1.29, 1.82) is 0 Å². The van der Waals surface area contributed by atoms with Crippen LogP contribution in [0, 0.1) is 23.7 Å². The standard InChI is InChI=1S/C65H73NO19/c1-29(2)12-11-17-63(8)18-16-35-55(83-63)34(14-13-30(3)4)57-48(56(35)82-61-54(72)53(71)52(70)44(26-67)81-61)50(68)39-20-33-23-45-62(6,7)85-64(58(33)73,65(39,45)84-57)19-15-31(5)59(74)66-49-37-25-41-40(79-28-80-41)24-36(37)46(47-38(49)27-78-60(47)75)32-21-42(76-9)51(69)43(22-32)77-10/h12-13,15-16,18,20-22,24-25,33,38,44-47,49,52-54,61,67,69-72H,11,14,17,19,23,26-28H2,1-10H3,(H,66,74)/t33?,38?,44-,45?,46?,47?,49?,52-,53+,54-,61+,63?,64?,65?/m1/s1. The van der Waals surface area contributed by atoms with Crippen LogP contribution < -0.4 is 38.5 Å². The van der Waals surface area contributed by atoms with E-state index in [1.54, 1.807) is 49.4 Å². The molecule has 1 spiro atoms. The summed E-state index contributed by atoms with van der Waals surface area (Å²) in [5.41, 5.74) is -0.668. The second-order valence-electron chi connectivity index (χ2n) is 25.1. The maximum Gasteiger partial charge on any atom is 0.310 e. The van der Waals surface area contributed by atoms with Gasteiger partial charge in [0, 0.05) is 46.8 Å². The summed E-state index contributed by atoms with van der Waals surface area (Å²) in [6, 6.07) is 6.07. The van der Waals surface area contributed by atoms with Gasteiger partial charge < -0.3 is 78.2 Å². The maximum absolute atomic E-state index is 16.2. The number of hydrogen-bond donors (Lipinski definition) is 6. The Labute approximate surface area is 491 Å². The van der Waals surface area contributed by atoms with Crippen LogP contribution >= 0.6 is 0 Å². The summed E-state index contributed by atoms with van der Waals surface area (Å²) >= 11 is 0. The quantitative estimate of drug-likeness (QED) is 0.0514. The molecule has 9 unspecified atom stereocenters. The summed E-state index contributed by atoms with van der Waals surface area (Å²) in [6.07, 6.45) is 4.10. The highest BCUT2D eigenvalue weighted by molar-refractivity contribution is 6.19. The topological polar surface area (TPSA) is 274 Å². The highest BCUT2D eigenvalue weighted by Gasteiger charge is 2.81. The number of allylic oxidation sites excluding steroid dienone is 5. The zero-order chi connectivity index (χ0) is 60.6. The number of carbonyl (C=O) groups excluding carboxylic acids is 4. The third-order valence-electron chi connectivity index (χ3n) is 18.9. The number of nitrogens with one attached hydrogen (secondary N) is 1. The van der Waals surface area contributed by atoms with Crippen LogP contribution in [0.2, 0.25) is 0 Å². The smallest absolute Gasteiger partial charge is 0.310 e. The first-order valence-corrected chi connectivity index (χ1v) is 29.0. The minimum Gasteiger partial charge on any atom is -0.502 e. The van der Waals surface area contributed by atoms with E-state index in [0.29, 0.717) is 57.9 Å². The number of Topliss-reactive ketones (excluding diaryl/α,β-unsaturated/α-hetero) is 2. The van der Waals surface area contributed by atoms with Crippen molar-refractivity contribution in [3.8, 4) is 46.0 Å². The maximum atomic E-state index is 16.2. The van der Waals surface area contributed by atoms with Gasteiger partial charge in [-0.05, 0) is 134 Å². The molecule has 3 aromatic rings. The second-order valence-corrected chi connectivity index (χ2v) is 25.1. The minimum atomic E-state index is -1.89. The molecule has 1 amide bonds. The van der Waals surface area contributed by atoms with E-state index >= 15 is 14.4 Å². The number of carbonyl (C=O) groups is 4. The molecule has 452 valence electrons. The molecule has 4 fully saturated rings. The number of phenols is 1. The number of aliphatic hydroxyl groups is 4. The predicted molar refractivity (Wildman–Crippen MR) is 304 cm³/mol. The van der Waals surface area contributed by atoms with E-state index in [-0.39, 0.29) is 83.9 Å². The molecule has 1 saturated carbocycles. The van der Waals surface area contributed by atoms with E-state index < -0.39 is 113 Å². The largest absolute Gasteiger partial charge is 0.502 e. The Hall–Kier alpha value is -7.20. The van der Waals surface area contributed by atoms with Gasteiger partial charge in [0.05, 0.1) is 50.6 Å². The van der Waals surface area contributed by atoms with E-state index in [2.05, 4.69) is 11.4 Å². The number of cyclic esters (lactones) is 1. The van der Waals surface area contributed by atoms with Crippen molar-refractivity contribution < 1.29 is 92.1 Å². The van der Waals surface area contributed by atoms with Crippen LogP contribution in [0.15, 0.2) is 76.9 Å². The molecule has 6 heterocycles. The van der Waals surface area contributed by atoms with Crippen LogP contribution in [-0.2, 0) is 35.0 Å². The number of amides is 1. The van der Waals surface area contributed by atoms with Crippen molar-refractivity contribution in [3.63, 3.8) is 0 Å². The third-order valence-corrected chi connectivity index (χ3v) is 18.9. The van der Waals surface area contributed by atoms with E-state index in [1.165, 1.54) is 14.2 Å². The van der Waals surface area contributed by atoms with E-state index in [1.807, 2.05) is 60.6 Å². The number of rotatable bonds is 15. The van der Waals surface area contributed by atoms with Crippen LogP contribution in [0.1, 0.15) is 131 Å². The van der Waals surface area contributed by atoms with Gasteiger partial charge >= 0.3 is 5.97 Å². The average Bonchev–Trinajstić information content (AvgIpc) is 1.56. The Morgan fingerprint density at radius 3 is 2.21 bits per heavy atom. The van der Waals surface area contributed by atoms with Gasteiger partial charge in [-0.1, -0.05) is 35.5 Å². The van der Waals surface area contributed by atoms with E-state index in [0.717, 1.165) is 11.1 Å². The van der Waals surface area contributed by atoms with E-state index in [9.17, 15) is 30.3 Å². The molecule has 20 nitrogen and oxygen atoms in total. The number of aromatic hydroxyl groups is 1. The average molecular weight is 1170 g/mol. The molecule has 0 radical (unpaired) electrons. The van der Waals surface area contributed by atoms with Gasteiger partial charge in [0.1, 0.15) is 52.8 Å². The fourth-order valence-electron chi connectivity index (χ4n) is 14.7. The Kier molecular flexibility index (Phi) is 14.4. The fourth-order valence-corrected chi connectivity index (χ4v) is 14.7.